The molecule has 2 rings (SSSR count). The molecule has 0 unspecified atom stereocenters. The zero-order chi connectivity index (χ0) is 15.6. The van der Waals surface area contributed by atoms with Gasteiger partial charge in [0, 0.05) is 6.42 Å². The molecule has 116 valence electrons. The van der Waals surface area contributed by atoms with Crippen LogP contribution in [0.15, 0.2) is 12.1 Å². The molecule has 1 saturated carbocycles. The second kappa shape index (κ2) is 6.31. The summed E-state index contributed by atoms with van der Waals surface area (Å²) in [7, 11) is 4.14. The van der Waals surface area contributed by atoms with Crippen LogP contribution >= 0.6 is 0 Å². The van der Waals surface area contributed by atoms with Gasteiger partial charge in [-0.15, -0.1) is 0 Å². The minimum atomic E-state index is -0.234. The number of hydrogen-bond donors (Lipinski definition) is 0. The lowest BCUT2D eigenvalue weighted by Crippen LogP contribution is -2.53. The van der Waals surface area contributed by atoms with Gasteiger partial charge in [-0.05, 0) is 64.4 Å². The summed E-state index contributed by atoms with van der Waals surface area (Å²) in [5.41, 5.74) is 4.79. The maximum atomic E-state index is 13.1. The lowest BCUT2D eigenvalue weighted by molar-refractivity contribution is -0.131. The van der Waals surface area contributed by atoms with Crippen molar-refractivity contribution >= 4 is 5.78 Å². The van der Waals surface area contributed by atoms with Crippen LogP contribution in [0.5, 0.6) is 0 Å². The Hall–Kier alpha value is -1.15. The molecule has 0 aromatic heterocycles. The topological polar surface area (TPSA) is 20.3 Å². The molecule has 0 spiro atoms. The number of aryl methyl sites for hydroxylation is 3. The molecule has 0 radical (unpaired) electrons. The van der Waals surface area contributed by atoms with Crippen molar-refractivity contribution in [3.8, 4) is 0 Å². The van der Waals surface area contributed by atoms with E-state index >= 15 is 0 Å². The molecular formula is C19H29NO. The normalized spacial score (nSPS) is 18.0. The molecule has 0 amide bonds. The van der Waals surface area contributed by atoms with E-state index in [0.29, 0.717) is 12.2 Å². The number of Topliss-reactive ketones (excluding diaryl/α,β-unsaturated/α-hetero) is 1. The highest BCUT2D eigenvalue weighted by Crippen LogP contribution is 2.34. The number of carbonyl (C=O) groups is 1. The van der Waals surface area contributed by atoms with Crippen molar-refractivity contribution in [1.82, 2.24) is 4.90 Å². The van der Waals surface area contributed by atoms with Gasteiger partial charge in [-0.25, -0.2) is 0 Å². The molecule has 2 nitrogen and oxygen atoms in total. The van der Waals surface area contributed by atoms with Crippen molar-refractivity contribution < 1.29 is 4.79 Å². The maximum absolute atomic E-state index is 13.1. The Morgan fingerprint density at radius 1 is 1.05 bits per heavy atom. The molecule has 1 aromatic carbocycles. The summed E-state index contributed by atoms with van der Waals surface area (Å²) in [6, 6.07) is 4.39. The summed E-state index contributed by atoms with van der Waals surface area (Å²) in [4.78, 5) is 15.3. The van der Waals surface area contributed by atoms with Crippen molar-refractivity contribution in [2.24, 2.45) is 0 Å². The fraction of sp³-hybridized carbons (Fsp3) is 0.632. The number of rotatable bonds is 4. The Bertz CT molecular complexity index is 501. The molecule has 0 heterocycles. The maximum Gasteiger partial charge on any atom is 0.157 e. The highest BCUT2D eigenvalue weighted by atomic mass is 16.1. The molecule has 1 aliphatic carbocycles. The Morgan fingerprint density at radius 2 is 1.57 bits per heavy atom. The van der Waals surface area contributed by atoms with Crippen LogP contribution in [-0.4, -0.2) is 30.3 Å². The van der Waals surface area contributed by atoms with E-state index < -0.39 is 0 Å². The Kier molecular flexibility index (Phi) is 4.88. The Balaban J connectivity index is 2.28. The summed E-state index contributed by atoms with van der Waals surface area (Å²) in [6.45, 7) is 6.38. The number of likely N-dealkylation sites (N-methyl/N-ethyl adjacent to an activating group) is 1. The minimum Gasteiger partial charge on any atom is -0.297 e. The van der Waals surface area contributed by atoms with Gasteiger partial charge in [0.25, 0.3) is 0 Å². The van der Waals surface area contributed by atoms with Crippen molar-refractivity contribution in [2.75, 3.05) is 14.1 Å². The van der Waals surface area contributed by atoms with Gasteiger partial charge in [0.15, 0.2) is 5.78 Å². The van der Waals surface area contributed by atoms with Crippen LogP contribution in [-0.2, 0) is 11.2 Å². The molecule has 0 N–H and O–H groups in total. The average Bonchev–Trinajstić information content (AvgIpc) is 2.43. The first-order valence-electron chi connectivity index (χ1n) is 8.14. The van der Waals surface area contributed by atoms with Crippen molar-refractivity contribution in [1.29, 1.82) is 0 Å². The molecular weight excluding hydrogens is 258 g/mol. The van der Waals surface area contributed by atoms with E-state index in [2.05, 4.69) is 51.9 Å². The van der Waals surface area contributed by atoms with Crippen molar-refractivity contribution in [3.63, 3.8) is 0 Å². The highest BCUT2D eigenvalue weighted by Gasteiger charge is 2.40. The van der Waals surface area contributed by atoms with Crippen molar-refractivity contribution in [2.45, 2.75) is 64.8 Å². The lowest BCUT2D eigenvalue weighted by atomic mass is 9.75. The molecule has 21 heavy (non-hydrogen) atoms. The zero-order valence-corrected chi connectivity index (χ0v) is 14.3. The first-order chi connectivity index (χ1) is 9.86. The van der Waals surface area contributed by atoms with Crippen LogP contribution < -0.4 is 0 Å². The number of hydrogen-bond acceptors (Lipinski definition) is 2. The summed E-state index contributed by atoms with van der Waals surface area (Å²) in [5, 5.41) is 0. The second-order valence-electron chi connectivity index (χ2n) is 6.96. The SMILES string of the molecule is Cc1cc(C)c(CC(=O)C2(N(C)C)CCCCC2)c(C)c1. The van der Waals surface area contributed by atoms with Gasteiger partial charge in [0.1, 0.15) is 0 Å². The van der Waals surface area contributed by atoms with E-state index in [1.54, 1.807) is 0 Å². The van der Waals surface area contributed by atoms with E-state index in [1.807, 2.05) is 0 Å². The quantitative estimate of drug-likeness (QED) is 0.834. The molecule has 0 atom stereocenters. The average molecular weight is 287 g/mol. The standard InChI is InChI=1S/C19H29NO/c1-14-11-15(2)17(16(3)12-14)13-18(21)19(20(4)5)9-7-6-8-10-19/h11-12H,6-10,13H2,1-5H3. The zero-order valence-electron chi connectivity index (χ0n) is 14.3. The van der Waals surface area contributed by atoms with Crippen LogP contribution in [0.4, 0.5) is 0 Å². The molecule has 0 bridgehead atoms. The molecule has 1 fully saturated rings. The van der Waals surface area contributed by atoms with Gasteiger partial charge < -0.3 is 0 Å². The lowest BCUT2D eigenvalue weighted by Gasteiger charge is -2.41. The fourth-order valence-corrected chi connectivity index (χ4v) is 3.93. The van der Waals surface area contributed by atoms with Crippen LogP contribution in [0, 0.1) is 20.8 Å². The molecule has 1 aliphatic rings. The summed E-state index contributed by atoms with van der Waals surface area (Å²) in [6.07, 6.45) is 6.23. The van der Waals surface area contributed by atoms with E-state index in [-0.39, 0.29) is 5.54 Å². The van der Waals surface area contributed by atoms with Gasteiger partial charge >= 0.3 is 0 Å². The summed E-state index contributed by atoms with van der Waals surface area (Å²) in [5.74, 6) is 0.405. The summed E-state index contributed by atoms with van der Waals surface area (Å²) >= 11 is 0. The predicted octanol–water partition coefficient (Wildman–Crippen LogP) is 3.99. The smallest absolute Gasteiger partial charge is 0.157 e. The van der Waals surface area contributed by atoms with Gasteiger partial charge in [-0.2, -0.15) is 0 Å². The molecule has 0 aliphatic heterocycles. The third-order valence-corrected chi connectivity index (χ3v) is 5.23. The monoisotopic (exact) mass is 287 g/mol. The van der Waals surface area contributed by atoms with Crippen LogP contribution in [0.25, 0.3) is 0 Å². The molecule has 0 saturated heterocycles. The third kappa shape index (κ3) is 3.21. The van der Waals surface area contributed by atoms with Crippen LogP contribution in [0.1, 0.15) is 54.4 Å². The largest absolute Gasteiger partial charge is 0.297 e. The van der Waals surface area contributed by atoms with E-state index in [1.165, 1.54) is 41.5 Å². The molecule has 1 aromatic rings. The second-order valence-corrected chi connectivity index (χ2v) is 6.96. The van der Waals surface area contributed by atoms with Crippen LogP contribution in [0.2, 0.25) is 0 Å². The number of ketones is 1. The van der Waals surface area contributed by atoms with Gasteiger partial charge in [-0.1, -0.05) is 37.0 Å². The number of benzene rings is 1. The summed E-state index contributed by atoms with van der Waals surface area (Å²) < 4.78 is 0. The van der Waals surface area contributed by atoms with E-state index in [4.69, 9.17) is 0 Å². The van der Waals surface area contributed by atoms with Gasteiger partial charge in [0.05, 0.1) is 5.54 Å². The van der Waals surface area contributed by atoms with E-state index in [0.717, 1.165) is 12.8 Å². The highest BCUT2D eigenvalue weighted by molar-refractivity contribution is 5.90. The van der Waals surface area contributed by atoms with E-state index in [9.17, 15) is 4.79 Å². The molecule has 2 heteroatoms. The first kappa shape index (κ1) is 16.2. The number of nitrogens with zero attached hydrogens (tertiary/aromatic N) is 1. The van der Waals surface area contributed by atoms with Crippen LogP contribution in [0.3, 0.4) is 0 Å². The predicted molar refractivity (Wildman–Crippen MR) is 88.9 cm³/mol. The number of carbonyl (C=O) groups excluding carboxylic acids is 1. The first-order valence-corrected chi connectivity index (χ1v) is 8.14. The minimum absolute atomic E-state index is 0.234. The Labute approximate surface area is 129 Å². The Morgan fingerprint density at radius 3 is 2.05 bits per heavy atom. The third-order valence-electron chi connectivity index (χ3n) is 5.23. The van der Waals surface area contributed by atoms with Gasteiger partial charge in [-0.3, -0.25) is 9.69 Å². The van der Waals surface area contributed by atoms with Crippen molar-refractivity contribution in [3.05, 3.63) is 34.4 Å². The van der Waals surface area contributed by atoms with Gasteiger partial charge in [0.2, 0.25) is 0 Å². The fourth-order valence-electron chi connectivity index (χ4n) is 3.93.